The molecule has 3 heterocycles. The molecule has 2 atom stereocenters. The molecule has 0 spiro atoms. The van der Waals surface area contributed by atoms with Gasteiger partial charge in [0.25, 0.3) is 0 Å². The average Bonchev–Trinajstić information content (AvgIpc) is 3.39. The third-order valence-corrected chi connectivity index (χ3v) is 6.18. The fraction of sp³-hybridized carbons (Fsp3) is 0.0833. The Bertz CT molecular complexity index is 1230. The van der Waals surface area contributed by atoms with Crippen LogP contribution in [0.4, 0.5) is 10.1 Å². The van der Waals surface area contributed by atoms with Crippen molar-refractivity contribution in [3.05, 3.63) is 113 Å². The van der Waals surface area contributed by atoms with Gasteiger partial charge in [0.05, 0.1) is 11.7 Å². The zero-order valence-electron chi connectivity index (χ0n) is 16.3. The van der Waals surface area contributed by atoms with Crippen LogP contribution in [0.5, 0.6) is 0 Å². The van der Waals surface area contributed by atoms with E-state index in [2.05, 4.69) is 49.0 Å². The SMILES string of the molecule is Fc1ccc(N2C(=S)N[C@H](c3ccccn3)[C@H]2c2cccn2-c2cccc(Br)c2)cc1. The predicted octanol–water partition coefficient (Wildman–Crippen LogP) is 5.95. The van der Waals surface area contributed by atoms with Crippen molar-refractivity contribution in [2.24, 2.45) is 0 Å². The number of halogens is 2. The maximum atomic E-state index is 13.6. The van der Waals surface area contributed by atoms with Crippen LogP contribution < -0.4 is 10.2 Å². The Hall–Kier alpha value is -3.03. The minimum Gasteiger partial charge on any atom is -0.351 e. The van der Waals surface area contributed by atoms with Crippen LogP contribution in [0.1, 0.15) is 23.5 Å². The molecule has 0 amide bonds. The van der Waals surface area contributed by atoms with Crippen LogP contribution in [0.15, 0.2) is 95.7 Å². The van der Waals surface area contributed by atoms with Crippen molar-refractivity contribution in [1.82, 2.24) is 14.9 Å². The number of hydrogen-bond donors (Lipinski definition) is 1. The number of rotatable bonds is 4. The van der Waals surface area contributed by atoms with Crippen LogP contribution in [0.25, 0.3) is 5.69 Å². The van der Waals surface area contributed by atoms with Crippen LogP contribution in [0.3, 0.4) is 0 Å². The van der Waals surface area contributed by atoms with Gasteiger partial charge in [-0.25, -0.2) is 4.39 Å². The highest BCUT2D eigenvalue weighted by Gasteiger charge is 2.42. The Kier molecular flexibility index (Phi) is 5.29. The van der Waals surface area contributed by atoms with Gasteiger partial charge >= 0.3 is 0 Å². The number of nitrogens with zero attached hydrogens (tertiary/aromatic N) is 3. The van der Waals surface area contributed by atoms with E-state index in [0.717, 1.165) is 27.2 Å². The lowest BCUT2D eigenvalue weighted by Crippen LogP contribution is -2.30. The third kappa shape index (κ3) is 3.75. The molecule has 0 bridgehead atoms. The lowest BCUT2D eigenvalue weighted by molar-refractivity contribution is 0.549. The van der Waals surface area contributed by atoms with Crippen LogP contribution >= 0.6 is 28.1 Å². The van der Waals surface area contributed by atoms with Gasteiger partial charge in [-0.2, -0.15) is 0 Å². The smallest absolute Gasteiger partial charge is 0.174 e. The lowest BCUT2D eigenvalue weighted by atomic mass is 10.0. The Morgan fingerprint density at radius 2 is 1.77 bits per heavy atom. The summed E-state index contributed by atoms with van der Waals surface area (Å²) >= 11 is 9.31. The molecule has 4 nitrogen and oxygen atoms in total. The molecule has 1 N–H and O–H groups in total. The first kappa shape index (κ1) is 19.9. The molecule has 7 heteroatoms. The molecule has 1 aliphatic heterocycles. The highest BCUT2D eigenvalue weighted by molar-refractivity contribution is 9.10. The first-order valence-electron chi connectivity index (χ1n) is 9.81. The van der Waals surface area contributed by atoms with Gasteiger partial charge < -0.3 is 14.8 Å². The topological polar surface area (TPSA) is 33.1 Å². The Morgan fingerprint density at radius 1 is 0.935 bits per heavy atom. The summed E-state index contributed by atoms with van der Waals surface area (Å²) in [6.07, 6.45) is 3.82. The summed E-state index contributed by atoms with van der Waals surface area (Å²) in [5.41, 5.74) is 3.79. The number of aromatic nitrogens is 2. The monoisotopic (exact) mass is 492 g/mol. The van der Waals surface area contributed by atoms with Crippen molar-refractivity contribution in [2.45, 2.75) is 12.1 Å². The molecule has 0 radical (unpaired) electrons. The fourth-order valence-corrected chi connectivity index (χ4v) is 4.76. The highest BCUT2D eigenvalue weighted by Crippen LogP contribution is 2.42. The minimum atomic E-state index is -0.280. The molecule has 1 fully saturated rings. The molecule has 5 rings (SSSR count). The molecule has 2 aromatic carbocycles. The van der Waals surface area contributed by atoms with Gasteiger partial charge in [-0.1, -0.05) is 28.1 Å². The second kappa shape index (κ2) is 8.24. The molecule has 4 aromatic rings. The molecule has 154 valence electrons. The summed E-state index contributed by atoms with van der Waals surface area (Å²) in [5.74, 6) is -0.280. The van der Waals surface area contributed by atoms with E-state index in [-0.39, 0.29) is 17.9 Å². The number of pyridine rings is 1. The highest BCUT2D eigenvalue weighted by atomic mass is 79.9. The molecule has 2 aromatic heterocycles. The lowest BCUT2D eigenvalue weighted by Gasteiger charge is -2.29. The van der Waals surface area contributed by atoms with Crippen molar-refractivity contribution in [3.8, 4) is 5.69 Å². The van der Waals surface area contributed by atoms with E-state index in [4.69, 9.17) is 12.2 Å². The third-order valence-electron chi connectivity index (χ3n) is 5.37. The summed E-state index contributed by atoms with van der Waals surface area (Å²) in [4.78, 5) is 6.63. The van der Waals surface area contributed by atoms with Gasteiger partial charge in [0, 0.05) is 33.9 Å². The molecule has 1 aliphatic rings. The van der Waals surface area contributed by atoms with Gasteiger partial charge in [-0.15, -0.1) is 0 Å². The zero-order chi connectivity index (χ0) is 21.4. The quantitative estimate of drug-likeness (QED) is 0.356. The molecular weight excluding hydrogens is 475 g/mol. The van der Waals surface area contributed by atoms with E-state index in [1.165, 1.54) is 12.1 Å². The molecular formula is C24H18BrFN4S. The molecule has 0 saturated carbocycles. The largest absolute Gasteiger partial charge is 0.351 e. The minimum absolute atomic E-state index is 0.167. The summed E-state index contributed by atoms with van der Waals surface area (Å²) in [6.45, 7) is 0. The number of benzene rings is 2. The maximum absolute atomic E-state index is 13.6. The van der Waals surface area contributed by atoms with E-state index in [1.54, 1.807) is 18.3 Å². The van der Waals surface area contributed by atoms with E-state index in [9.17, 15) is 4.39 Å². The van der Waals surface area contributed by atoms with Crippen LogP contribution in [-0.4, -0.2) is 14.7 Å². The average molecular weight is 493 g/mol. The van der Waals surface area contributed by atoms with Gasteiger partial charge in [-0.3, -0.25) is 4.98 Å². The number of anilines is 1. The summed E-state index contributed by atoms with van der Waals surface area (Å²) in [5, 5.41) is 4.02. The van der Waals surface area contributed by atoms with Gasteiger partial charge in [-0.05, 0) is 78.9 Å². The second-order valence-electron chi connectivity index (χ2n) is 7.26. The molecule has 1 saturated heterocycles. The Morgan fingerprint density at radius 3 is 2.52 bits per heavy atom. The Balaban J connectivity index is 1.67. The van der Waals surface area contributed by atoms with Gasteiger partial charge in [0.2, 0.25) is 0 Å². The van der Waals surface area contributed by atoms with Gasteiger partial charge in [0.15, 0.2) is 5.11 Å². The van der Waals surface area contributed by atoms with Crippen molar-refractivity contribution in [1.29, 1.82) is 0 Å². The maximum Gasteiger partial charge on any atom is 0.174 e. The van der Waals surface area contributed by atoms with E-state index < -0.39 is 0 Å². The van der Waals surface area contributed by atoms with E-state index in [0.29, 0.717) is 5.11 Å². The van der Waals surface area contributed by atoms with E-state index >= 15 is 0 Å². The Labute approximate surface area is 193 Å². The summed E-state index contributed by atoms with van der Waals surface area (Å²) in [7, 11) is 0. The van der Waals surface area contributed by atoms with Crippen molar-refractivity contribution in [2.75, 3.05) is 4.90 Å². The second-order valence-corrected chi connectivity index (χ2v) is 8.56. The first-order valence-corrected chi connectivity index (χ1v) is 11.0. The summed E-state index contributed by atoms with van der Waals surface area (Å²) in [6, 6.07) is 24.2. The fourth-order valence-electron chi connectivity index (χ4n) is 4.03. The molecule has 0 aliphatic carbocycles. The zero-order valence-corrected chi connectivity index (χ0v) is 18.7. The van der Waals surface area contributed by atoms with Crippen LogP contribution in [-0.2, 0) is 0 Å². The standard InChI is InChI=1S/C24H18BrFN4S/c25-16-5-3-6-19(15-16)29-14-4-8-21(29)23-22(20-7-1-2-13-27-20)28-24(31)30(23)18-11-9-17(26)10-12-18/h1-15,22-23H,(H,28,31)/t22-,23-/m1/s1. The predicted molar refractivity (Wildman–Crippen MR) is 128 cm³/mol. The van der Waals surface area contributed by atoms with Crippen molar-refractivity contribution >= 4 is 38.9 Å². The van der Waals surface area contributed by atoms with Gasteiger partial charge in [0.1, 0.15) is 11.9 Å². The molecule has 31 heavy (non-hydrogen) atoms. The van der Waals surface area contributed by atoms with Crippen LogP contribution in [0, 0.1) is 5.82 Å². The number of nitrogens with one attached hydrogen (secondary N) is 1. The first-order chi connectivity index (χ1) is 15.1. The van der Waals surface area contributed by atoms with E-state index in [1.807, 2.05) is 47.5 Å². The number of thiocarbonyl (C=S) groups is 1. The normalized spacial score (nSPS) is 18.3. The number of hydrogen-bond acceptors (Lipinski definition) is 2. The molecule has 0 unspecified atom stereocenters. The van der Waals surface area contributed by atoms with Crippen molar-refractivity contribution in [3.63, 3.8) is 0 Å². The van der Waals surface area contributed by atoms with Crippen LogP contribution in [0.2, 0.25) is 0 Å². The summed E-state index contributed by atoms with van der Waals surface area (Å²) < 4.78 is 16.8. The van der Waals surface area contributed by atoms with Crippen molar-refractivity contribution < 1.29 is 4.39 Å².